The topological polar surface area (TPSA) is 39.7 Å². The summed E-state index contributed by atoms with van der Waals surface area (Å²) in [5.74, 6) is 0. The molecule has 0 heterocycles. The van der Waals surface area contributed by atoms with Gasteiger partial charge in [-0.25, -0.2) is 0 Å². The number of nitrogens with one attached hydrogen (secondary N) is 2. The van der Waals surface area contributed by atoms with Crippen LogP contribution >= 0.6 is 12.2 Å². The highest BCUT2D eigenvalue weighted by molar-refractivity contribution is 7.80. The van der Waals surface area contributed by atoms with Gasteiger partial charge in [-0.15, -0.1) is 0 Å². The second-order valence-electron chi connectivity index (χ2n) is 7.29. The third-order valence-electron chi connectivity index (χ3n) is 4.61. The summed E-state index contributed by atoms with van der Waals surface area (Å²) in [4.78, 5) is 2.08. The number of hydrogen-bond acceptors (Lipinski definition) is 3. The minimum atomic E-state index is 0.590. The lowest BCUT2D eigenvalue weighted by molar-refractivity contribution is 0.554. The number of nitrogens with zero attached hydrogens (tertiary/aromatic N) is 2. The molecule has 27 heavy (non-hydrogen) atoms. The molecule has 2 N–H and O–H groups in total. The number of rotatable bonds is 14. The van der Waals surface area contributed by atoms with Crippen molar-refractivity contribution in [3.63, 3.8) is 0 Å². The Morgan fingerprint density at radius 3 is 2.04 bits per heavy atom. The highest BCUT2D eigenvalue weighted by Gasteiger charge is 1.96. The molecule has 0 aliphatic rings. The molecule has 0 unspecified atom stereocenters. The summed E-state index contributed by atoms with van der Waals surface area (Å²) in [6.45, 7) is 3.18. The highest BCUT2D eigenvalue weighted by Crippen LogP contribution is 2.11. The van der Waals surface area contributed by atoms with Gasteiger partial charge in [0.1, 0.15) is 0 Å². The fraction of sp³-hybridized carbons (Fsp3) is 0.636. The van der Waals surface area contributed by atoms with Crippen LogP contribution in [0.15, 0.2) is 29.4 Å². The summed E-state index contributed by atoms with van der Waals surface area (Å²) in [7, 11) is 4.06. The molecule has 5 heteroatoms. The van der Waals surface area contributed by atoms with Crippen LogP contribution in [-0.4, -0.2) is 32.0 Å². The van der Waals surface area contributed by atoms with E-state index in [0.29, 0.717) is 5.11 Å². The Labute approximate surface area is 171 Å². The lowest BCUT2D eigenvalue weighted by atomic mass is 10.1. The molecule has 4 nitrogen and oxygen atoms in total. The molecule has 0 amide bonds. The van der Waals surface area contributed by atoms with E-state index < -0.39 is 0 Å². The van der Waals surface area contributed by atoms with Crippen LogP contribution in [-0.2, 0) is 0 Å². The third-order valence-corrected chi connectivity index (χ3v) is 4.84. The van der Waals surface area contributed by atoms with Crippen molar-refractivity contribution in [3.05, 3.63) is 29.8 Å². The maximum atomic E-state index is 5.25. The summed E-state index contributed by atoms with van der Waals surface area (Å²) >= 11 is 5.25. The molecule has 0 spiro atoms. The van der Waals surface area contributed by atoms with Crippen LogP contribution in [0.3, 0.4) is 0 Å². The van der Waals surface area contributed by atoms with Gasteiger partial charge in [-0.05, 0) is 36.3 Å². The molecule has 152 valence electrons. The van der Waals surface area contributed by atoms with E-state index in [1.165, 1.54) is 63.5 Å². The van der Waals surface area contributed by atoms with E-state index in [0.717, 1.165) is 18.5 Å². The average Bonchev–Trinajstić information content (AvgIpc) is 2.66. The van der Waals surface area contributed by atoms with E-state index in [1.54, 1.807) is 6.21 Å². The first-order valence-corrected chi connectivity index (χ1v) is 10.9. The summed E-state index contributed by atoms with van der Waals surface area (Å²) < 4.78 is 0. The first-order valence-electron chi connectivity index (χ1n) is 10.5. The number of unbranched alkanes of at least 4 members (excludes halogenated alkanes) is 9. The first kappa shape index (κ1) is 23.4. The highest BCUT2D eigenvalue weighted by atomic mass is 32.1. The largest absolute Gasteiger partial charge is 0.378 e. The Hall–Kier alpha value is -1.62. The van der Waals surface area contributed by atoms with E-state index in [9.17, 15) is 0 Å². The first-order chi connectivity index (χ1) is 13.1. The summed E-state index contributed by atoms with van der Waals surface area (Å²) in [5.41, 5.74) is 5.11. The molecule has 0 saturated heterocycles. The second-order valence-corrected chi connectivity index (χ2v) is 7.70. The SMILES string of the molecule is CCCCCCCCCCCCNC(=S)N/N=C\c1ccc(N(C)C)cc1. The summed E-state index contributed by atoms with van der Waals surface area (Å²) in [6.07, 6.45) is 15.3. The van der Waals surface area contributed by atoms with Gasteiger partial charge in [0.05, 0.1) is 6.21 Å². The minimum Gasteiger partial charge on any atom is -0.378 e. The van der Waals surface area contributed by atoms with Gasteiger partial charge in [-0.1, -0.05) is 76.8 Å². The van der Waals surface area contributed by atoms with Crippen LogP contribution in [0.25, 0.3) is 0 Å². The molecule has 0 bridgehead atoms. The quantitative estimate of drug-likeness (QED) is 0.191. The van der Waals surface area contributed by atoms with Gasteiger partial charge in [0.2, 0.25) is 0 Å². The second kappa shape index (κ2) is 15.4. The molecule has 0 aliphatic carbocycles. The zero-order valence-electron chi connectivity index (χ0n) is 17.5. The maximum absolute atomic E-state index is 5.25. The van der Waals surface area contributed by atoms with Crippen LogP contribution in [0.1, 0.15) is 76.7 Å². The fourth-order valence-electron chi connectivity index (χ4n) is 2.88. The fourth-order valence-corrected chi connectivity index (χ4v) is 3.03. The molecule has 0 radical (unpaired) electrons. The molecule has 1 aromatic carbocycles. The number of benzene rings is 1. The Kier molecular flexibility index (Phi) is 13.4. The van der Waals surface area contributed by atoms with Crippen LogP contribution in [0, 0.1) is 0 Å². The molecule has 1 rings (SSSR count). The van der Waals surface area contributed by atoms with Crippen LogP contribution in [0.4, 0.5) is 5.69 Å². The number of thiocarbonyl (C=S) groups is 1. The van der Waals surface area contributed by atoms with Crippen molar-refractivity contribution >= 4 is 29.2 Å². The molecule has 0 aliphatic heterocycles. The summed E-state index contributed by atoms with van der Waals surface area (Å²) in [6, 6.07) is 8.23. The lowest BCUT2D eigenvalue weighted by Crippen LogP contribution is -2.32. The molecular formula is C22H38N4S. The molecular weight excluding hydrogens is 352 g/mol. The lowest BCUT2D eigenvalue weighted by Gasteiger charge is -2.11. The number of anilines is 1. The van der Waals surface area contributed by atoms with Crippen molar-refractivity contribution < 1.29 is 0 Å². The van der Waals surface area contributed by atoms with Crippen LogP contribution < -0.4 is 15.6 Å². The third kappa shape index (κ3) is 12.4. The maximum Gasteiger partial charge on any atom is 0.186 e. The standard InChI is InChI=1S/C22H38N4S/c1-4-5-6-7-8-9-10-11-12-13-18-23-22(27)25-24-19-20-14-16-21(17-15-20)26(2)3/h14-17,19H,4-13,18H2,1-3H3,(H2,23,25,27)/b24-19-. The van der Waals surface area contributed by atoms with E-state index >= 15 is 0 Å². The molecule has 0 saturated carbocycles. The van der Waals surface area contributed by atoms with Gasteiger partial charge in [0, 0.05) is 26.3 Å². The van der Waals surface area contributed by atoms with Gasteiger partial charge in [-0.3, -0.25) is 5.43 Å². The van der Waals surface area contributed by atoms with Gasteiger partial charge in [-0.2, -0.15) is 5.10 Å². The van der Waals surface area contributed by atoms with E-state index in [1.807, 2.05) is 26.2 Å². The van der Waals surface area contributed by atoms with Gasteiger partial charge in [0.25, 0.3) is 0 Å². The van der Waals surface area contributed by atoms with Crippen molar-refractivity contribution in [2.45, 2.75) is 71.1 Å². The van der Waals surface area contributed by atoms with Crippen molar-refractivity contribution in [1.29, 1.82) is 0 Å². The zero-order chi connectivity index (χ0) is 19.7. The summed E-state index contributed by atoms with van der Waals surface area (Å²) in [5, 5.41) is 8.00. The van der Waals surface area contributed by atoms with Crippen molar-refractivity contribution in [3.8, 4) is 0 Å². The molecule has 0 atom stereocenters. The van der Waals surface area contributed by atoms with Crippen molar-refractivity contribution in [2.75, 3.05) is 25.5 Å². The molecule has 1 aromatic rings. The van der Waals surface area contributed by atoms with E-state index in [-0.39, 0.29) is 0 Å². The Morgan fingerprint density at radius 2 is 1.48 bits per heavy atom. The van der Waals surface area contributed by atoms with Crippen LogP contribution in [0.5, 0.6) is 0 Å². The zero-order valence-corrected chi connectivity index (χ0v) is 18.3. The van der Waals surface area contributed by atoms with Crippen molar-refractivity contribution in [2.24, 2.45) is 5.10 Å². The average molecular weight is 391 g/mol. The normalized spacial score (nSPS) is 10.9. The molecule has 0 fully saturated rings. The van der Waals surface area contributed by atoms with E-state index in [4.69, 9.17) is 12.2 Å². The predicted molar refractivity (Wildman–Crippen MR) is 124 cm³/mol. The van der Waals surface area contributed by atoms with E-state index in [2.05, 4.69) is 39.8 Å². The smallest absolute Gasteiger partial charge is 0.186 e. The Bertz CT molecular complexity index is 526. The van der Waals surface area contributed by atoms with Gasteiger partial charge >= 0.3 is 0 Å². The Balaban J connectivity index is 1.99. The Morgan fingerprint density at radius 1 is 0.926 bits per heavy atom. The molecule has 0 aromatic heterocycles. The van der Waals surface area contributed by atoms with Crippen molar-refractivity contribution in [1.82, 2.24) is 10.7 Å². The van der Waals surface area contributed by atoms with Gasteiger partial charge in [0.15, 0.2) is 5.11 Å². The predicted octanol–water partition coefficient (Wildman–Crippen LogP) is 5.47. The number of hydrogen-bond donors (Lipinski definition) is 2. The number of hydrazone groups is 1. The van der Waals surface area contributed by atoms with Crippen LogP contribution in [0.2, 0.25) is 0 Å². The monoisotopic (exact) mass is 390 g/mol. The van der Waals surface area contributed by atoms with Gasteiger partial charge < -0.3 is 10.2 Å². The minimum absolute atomic E-state index is 0.590.